The summed E-state index contributed by atoms with van der Waals surface area (Å²) in [6, 6.07) is 0. The third kappa shape index (κ3) is 21.8. The van der Waals surface area contributed by atoms with E-state index in [1.807, 2.05) is 0 Å². The maximum absolute atomic E-state index is 11.7. The second-order valence-corrected chi connectivity index (χ2v) is 15.4. The molecule has 0 rings (SSSR count). The zero-order chi connectivity index (χ0) is 48.2. The number of carboxylic acid groups (broad SMARTS) is 4. The van der Waals surface area contributed by atoms with Crippen LogP contribution in [0.3, 0.4) is 0 Å². The van der Waals surface area contributed by atoms with E-state index in [1.165, 1.54) is 0 Å². The maximum Gasteiger partial charge on any atom is 4.00 e. The van der Waals surface area contributed by atoms with Gasteiger partial charge in [0.05, 0.1) is 70.0 Å². The van der Waals surface area contributed by atoms with Gasteiger partial charge in [0.15, 0.2) is 23.1 Å². The molecule has 0 spiro atoms. The summed E-state index contributed by atoms with van der Waals surface area (Å²) in [4.78, 5) is 90.8. The van der Waals surface area contributed by atoms with Gasteiger partial charge < -0.3 is 58.6 Å². The van der Waals surface area contributed by atoms with Crippen LogP contribution in [0.5, 0.6) is 0 Å². The molecule has 0 aromatic rings. The Bertz CT molecular complexity index is 1120. The smallest absolute Gasteiger partial charge is 0.549 e. The minimum Gasteiger partial charge on any atom is -0.549 e. The van der Waals surface area contributed by atoms with E-state index in [1.54, 1.807) is 111 Å². The first kappa shape index (κ1) is 67.2. The molecule has 17 heteroatoms. The monoisotopic (exact) mass is 908 g/mol. The minimum absolute atomic E-state index is 0. The van der Waals surface area contributed by atoms with Gasteiger partial charge in [-0.25, -0.2) is 0 Å². The van der Waals surface area contributed by atoms with Crippen LogP contribution in [0.2, 0.25) is 0 Å². The number of Topliss-reactive ketones (excluding diaryl/α,β-unsaturated/α-hetero) is 4. The molecular weight excluding hydrogens is 832 g/mol. The van der Waals surface area contributed by atoms with Crippen LogP contribution >= 0.6 is 0 Å². The van der Waals surface area contributed by atoms with Crippen LogP contribution in [0.15, 0.2) is 0 Å². The Morgan fingerprint density at radius 3 is 0.508 bits per heavy atom. The van der Waals surface area contributed by atoms with Gasteiger partial charge >= 0.3 is 21.7 Å². The third-order valence-electron chi connectivity index (χ3n) is 10.7. The van der Waals surface area contributed by atoms with Crippen molar-refractivity contribution in [3.63, 3.8) is 0 Å². The number of hydrogen-bond acceptors (Lipinski definition) is 16. The molecule has 0 bridgehead atoms. The van der Waals surface area contributed by atoms with Gasteiger partial charge in [0.25, 0.3) is 0 Å². The maximum atomic E-state index is 11.7. The SMILES string of the molecule is CCC(CC)(C(=O)[O-])C(=O)COC(C)C.CCC(CC)(C(=O)[O-])C(=O)COC(C)C.CCC(CC)(C(=O)[O-])C(=O)COC(C)C.CCC(CC)(C(=O)[O-])C(=O)COC(C)C.[Ti+4]. The number of carbonyl (C=O) groups is 8. The van der Waals surface area contributed by atoms with Crippen molar-refractivity contribution in [2.45, 2.75) is 187 Å². The number of ketones is 4. The second-order valence-electron chi connectivity index (χ2n) is 15.4. The fourth-order valence-electron chi connectivity index (χ4n) is 5.71. The quantitative estimate of drug-likeness (QED) is 0.0804. The van der Waals surface area contributed by atoms with Crippen LogP contribution in [0.25, 0.3) is 0 Å². The van der Waals surface area contributed by atoms with Crippen LogP contribution in [0, 0.1) is 21.7 Å². The predicted molar refractivity (Wildman–Crippen MR) is 216 cm³/mol. The number of rotatable bonds is 28. The summed E-state index contributed by atoms with van der Waals surface area (Å²) in [5, 5.41) is 43.9. The molecule has 0 saturated carbocycles. The van der Waals surface area contributed by atoms with Gasteiger partial charge in [-0.3, -0.25) is 19.2 Å². The first-order valence-electron chi connectivity index (χ1n) is 21.1. The first-order chi connectivity index (χ1) is 27.6. The molecule has 0 N–H and O–H groups in total. The zero-order valence-corrected chi connectivity index (χ0v) is 41.4. The molecule has 0 atom stereocenters. The summed E-state index contributed by atoms with van der Waals surface area (Å²) in [7, 11) is 0. The number of hydrogen-bond donors (Lipinski definition) is 0. The molecule has 0 aliphatic heterocycles. The number of carbonyl (C=O) groups excluding carboxylic acids is 8. The fourth-order valence-corrected chi connectivity index (χ4v) is 5.71. The van der Waals surface area contributed by atoms with Crippen LogP contribution in [-0.2, 0) is 79.0 Å². The van der Waals surface area contributed by atoms with E-state index in [2.05, 4.69) is 0 Å². The number of ether oxygens (including phenoxy) is 4. The van der Waals surface area contributed by atoms with E-state index in [-0.39, 0.29) is 124 Å². The van der Waals surface area contributed by atoms with E-state index in [4.69, 9.17) is 18.9 Å². The summed E-state index contributed by atoms with van der Waals surface area (Å²) >= 11 is 0. The second kappa shape index (κ2) is 33.6. The van der Waals surface area contributed by atoms with Crippen molar-refractivity contribution in [1.82, 2.24) is 0 Å². The van der Waals surface area contributed by atoms with Crippen LogP contribution in [0.1, 0.15) is 162 Å². The minimum atomic E-state index is -1.38. The number of aliphatic carboxylic acids is 4. The summed E-state index contributed by atoms with van der Waals surface area (Å²) in [6.07, 6.45) is 1.61. The van der Waals surface area contributed by atoms with Crippen molar-refractivity contribution in [2.75, 3.05) is 26.4 Å². The van der Waals surface area contributed by atoms with E-state index < -0.39 is 68.7 Å². The molecule has 0 saturated heterocycles. The van der Waals surface area contributed by atoms with Gasteiger partial charge in [-0.15, -0.1) is 0 Å². The molecule has 0 unspecified atom stereocenters. The van der Waals surface area contributed by atoms with Gasteiger partial charge in [-0.05, 0) is 107 Å². The Hall–Kier alpha value is -2.89. The van der Waals surface area contributed by atoms with E-state index in [0.717, 1.165) is 0 Å². The molecule has 0 aliphatic carbocycles. The average Bonchev–Trinajstić information content (AvgIpc) is 3.17. The van der Waals surface area contributed by atoms with E-state index in [9.17, 15) is 58.8 Å². The Morgan fingerprint density at radius 1 is 0.328 bits per heavy atom. The Kier molecular flexibility index (Phi) is 37.1. The normalized spacial score (nSPS) is 11.6. The molecule has 0 fully saturated rings. The fraction of sp³-hybridized carbons (Fsp3) is 0.818. The molecule has 61 heavy (non-hydrogen) atoms. The summed E-state index contributed by atoms with van der Waals surface area (Å²) in [5.74, 6) is -6.81. The Labute approximate surface area is 379 Å². The van der Waals surface area contributed by atoms with Gasteiger partial charge in [0.2, 0.25) is 0 Å². The number of carboxylic acids is 4. The molecule has 0 aliphatic rings. The van der Waals surface area contributed by atoms with Crippen molar-refractivity contribution in [2.24, 2.45) is 21.7 Å². The van der Waals surface area contributed by atoms with Gasteiger partial charge in [0, 0.05) is 0 Å². The standard InChI is InChI=1S/4C11H20O4.Ti/c4*1-5-11(6-2,10(13)14)9(12)7-15-8(3)4;/h4*8H,5-7H2,1-4H3,(H,13,14);/q;;;;+4/p-4. The average molecular weight is 909 g/mol. The van der Waals surface area contributed by atoms with Crippen LogP contribution < -0.4 is 20.4 Å². The summed E-state index contributed by atoms with van der Waals surface area (Å²) in [5.41, 5.74) is -5.52. The van der Waals surface area contributed by atoms with Gasteiger partial charge in [-0.1, -0.05) is 55.4 Å². The topological polar surface area (TPSA) is 266 Å². The third-order valence-corrected chi connectivity index (χ3v) is 10.7. The van der Waals surface area contributed by atoms with Crippen LogP contribution in [-0.4, -0.2) is 97.9 Å². The van der Waals surface area contributed by atoms with Crippen molar-refractivity contribution in [3.05, 3.63) is 0 Å². The van der Waals surface area contributed by atoms with Gasteiger partial charge in [-0.2, -0.15) is 0 Å². The van der Waals surface area contributed by atoms with E-state index >= 15 is 0 Å². The van der Waals surface area contributed by atoms with Crippen molar-refractivity contribution in [1.29, 1.82) is 0 Å². The largest absolute Gasteiger partial charge is 4.00 e. The Morgan fingerprint density at radius 2 is 0.443 bits per heavy atom. The molecule has 352 valence electrons. The predicted octanol–water partition coefficient (Wildman–Crippen LogP) is 2.14. The molecule has 0 heterocycles. The van der Waals surface area contributed by atoms with Crippen LogP contribution in [0.4, 0.5) is 0 Å². The molecule has 0 radical (unpaired) electrons. The van der Waals surface area contributed by atoms with Crippen molar-refractivity contribution < 1.29 is 99.4 Å². The molecule has 16 nitrogen and oxygen atoms in total. The molecular formula is C44H76O16Ti. The van der Waals surface area contributed by atoms with Gasteiger partial charge in [0.1, 0.15) is 26.4 Å². The summed E-state index contributed by atoms with van der Waals surface area (Å²) in [6.45, 7) is 27.1. The zero-order valence-electron chi connectivity index (χ0n) is 39.8. The summed E-state index contributed by atoms with van der Waals surface area (Å²) < 4.78 is 20.5. The molecule has 0 amide bonds. The van der Waals surface area contributed by atoms with Crippen molar-refractivity contribution in [3.8, 4) is 0 Å². The molecule has 0 aromatic heterocycles. The first-order valence-corrected chi connectivity index (χ1v) is 21.1. The van der Waals surface area contributed by atoms with E-state index in [0.29, 0.717) is 0 Å². The van der Waals surface area contributed by atoms with Crippen molar-refractivity contribution >= 4 is 47.0 Å². The molecule has 0 aromatic carbocycles. The Balaban J connectivity index is -0.000000227.